The average molecular weight is 490 g/mol. The number of halogens is 7. The minimum absolute atomic E-state index is 0.0655. The van der Waals surface area contributed by atoms with Gasteiger partial charge in [0, 0.05) is 38.4 Å². The van der Waals surface area contributed by atoms with Crippen molar-refractivity contribution in [3.8, 4) is 5.75 Å². The van der Waals surface area contributed by atoms with Crippen LogP contribution in [0.15, 0.2) is 41.4 Å². The van der Waals surface area contributed by atoms with Crippen LogP contribution in [0.1, 0.15) is 5.56 Å². The second kappa shape index (κ2) is 8.36. The van der Waals surface area contributed by atoms with Crippen LogP contribution in [0.2, 0.25) is 5.02 Å². The summed E-state index contributed by atoms with van der Waals surface area (Å²) in [5, 5.41) is -0.233. The highest BCUT2D eigenvalue weighted by Gasteiger charge is 2.34. The first-order valence-electron chi connectivity index (χ1n) is 8.61. The minimum atomic E-state index is -4.97. The van der Waals surface area contributed by atoms with Gasteiger partial charge in [0.25, 0.3) is 0 Å². The molecule has 170 valence electrons. The summed E-state index contributed by atoms with van der Waals surface area (Å²) in [6.07, 6.45) is -8.94. The summed E-state index contributed by atoms with van der Waals surface area (Å²) in [7, 11) is -4.12. The molecule has 1 fully saturated rings. The molecule has 0 bridgehead atoms. The largest absolute Gasteiger partial charge is 0.573 e. The molecule has 14 heteroatoms. The zero-order chi connectivity index (χ0) is 23.0. The molecule has 3 rings (SSSR count). The number of ether oxygens (including phenoxy) is 1. The fourth-order valence-electron chi connectivity index (χ4n) is 2.94. The van der Waals surface area contributed by atoms with E-state index in [0.29, 0.717) is 6.20 Å². The van der Waals surface area contributed by atoms with Crippen LogP contribution in [0.4, 0.5) is 32.2 Å². The van der Waals surface area contributed by atoms with E-state index in [4.69, 9.17) is 11.6 Å². The van der Waals surface area contributed by atoms with Gasteiger partial charge in [0.2, 0.25) is 10.0 Å². The molecule has 0 atom stereocenters. The monoisotopic (exact) mass is 489 g/mol. The van der Waals surface area contributed by atoms with Gasteiger partial charge in [0.15, 0.2) is 0 Å². The number of piperazine rings is 1. The number of hydrogen-bond acceptors (Lipinski definition) is 5. The second-order valence-corrected chi connectivity index (χ2v) is 8.79. The van der Waals surface area contributed by atoms with Crippen molar-refractivity contribution in [2.45, 2.75) is 17.4 Å². The summed E-state index contributed by atoms with van der Waals surface area (Å²) in [6.45, 7) is -0.0243. The average Bonchev–Trinajstić information content (AvgIpc) is 2.66. The van der Waals surface area contributed by atoms with Gasteiger partial charge in [-0.3, -0.25) is 0 Å². The van der Waals surface area contributed by atoms with Gasteiger partial charge in [-0.25, -0.2) is 13.4 Å². The van der Waals surface area contributed by atoms with E-state index in [1.807, 2.05) is 0 Å². The number of rotatable bonds is 4. The highest BCUT2D eigenvalue weighted by molar-refractivity contribution is 7.89. The van der Waals surface area contributed by atoms with Gasteiger partial charge < -0.3 is 9.64 Å². The molecule has 0 spiro atoms. The van der Waals surface area contributed by atoms with E-state index >= 15 is 0 Å². The number of alkyl halides is 6. The molecule has 31 heavy (non-hydrogen) atoms. The highest BCUT2D eigenvalue weighted by atomic mass is 35.5. The molecule has 1 aromatic heterocycles. The fraction of sp³-hybridized carbons (Fsp3) is 0.353. The van der Waals surface area contributed by atoms with E-state index in [0.717, 1.165) is 34.6 Å². The lowest BCUT2D eigenvalue weighted by atomic mass is 10.2. The van der Waals surface area contributed by atoms with Gasteiger partial charge in [0.05, 0.1) is 15.5 Å². The molecule has 1 aromatic carbocycles. The van der Waals surface area contributed by atoms with Gasteiger partial charge in [0.1, 0.15) is 11.6 Å². The van der Waals surface area contributed by atoms with Crippen molar-refractivity contribution in [1.29, 1.82) is 0 Å². The van der Waals surface area contributed by atoms with Crippen molar-refractivity contribution in [3.05, 3.63) is 47.1 Å². The van der Waals surface area contributed by atoms with Crippen LogP contribution < -0.4 is 9.64 Å². The van der Waals surface area contributed by atoms with Gasteiger partial charge in [-0.1, -0.05) is 17.7 Å². The van der Waals surface area contributed by atoms with Crippen molar-refractivity contribution in [3.63, 3.8) is 0 Å². The SMILES string of the molecule is O=S(=O)(c1cccc(OC(F)(F)F)c1)N1CCN(c2ncc(C(F)(F)F)cc2Cl)CC1. The summed E-state index contributed by atoms with van der Waals surface area (Å²) in [5.74, 6) is -0.597. The van der Waals surface area contributed by atoms with Crippen LogP contribution in [0.5, 0.6) is 5.75 Å². The number of pyridine rings is 1. The maximum absolute atomic E-state index is 12.8. The molecule has 0 N–H and O–H groups in total. The second-order valence-electron chi connectivity index (χ2n) is 6.44. The van der Waals surface area contributed by atoms with E-state index in [1.165, 1.54) is 4.90 Å². The molecule has 0 radical (unpaired) electrons. The Kier molecular flexibility index (Phi) is 6.31. The maximum Gasteiger partial charge on any atom is 0.573 e. The predicted molar refractivity (Wildman–Crippen MR) is 98.3 cm³/mol. The van der Waals surface area contributed by atoms with Crippen LogP contribution >= 0.6 is 11.6 Å². The summed E-state index contributed by atoms with van der Waals surface area (Å²) >= 11 is 5.92. The molecule has 0 amide bonds. The maximum atomic E-state index is 12.8. The van der Waals surface area contributed by atoms with Gasteiger partial charge >= 0.3 is 12.5 Å². The number of benzene rings is 1. The lowest BCUT2D eigenvalue weighted by Crippen LogP contribution is -2.49. The van der Waals surface area contributed by atoms with Crippen LogP contribution in [0, 0.1) is 0 Å². The first kappa shape index (κ1) is 23.4. The van der Waals surface area contributed by atoms with Crippen molar-refractivity contribution >= 4 is 27.4 Å². The standard InChI is InChI=1S/C17H14ClF6N3O3S/c18-14-8-11(16(19,20)21)10-25-15(14)26-4-6-27(7-5-26)31(28,29)13-3-1-2-12(9-13)30-17(22,23)24/h1-3,8-10H,4-7H2. The number of hydrogen-bond donors (Lipinski definition) is 0. The Bertz CT molecular complexity index is 1050. The Morgan fingerprint density at radius 2 is 1.65 bits per heavy atom. The van der Waals surface area contributed by atoms with Crippen LogP contribution in [0.25, 0.3) is 0 Å². The van der Waals surface area contributed by atoms with E-state index < -0.39 is 33.9 Å². The van der Waals surface area contributed by atoms with Gasteiger partial charge in [-0.2, -0.15) is 17.5 Å². The third kappa shape index (κ3) is 5.52. The third-order valence-corrected chi connectivity index (χ3v) is 6.54. The fourth-order valence-corrected chi connectivity index (χ4v) is 4.68. The summed E-state index contributed by atoms with van der Waals surface area (Å²) in [5.41, 5.74) is -1.01. The van der Waals surface area contributed by atoms with E-state index in [1.54, 1.807) is 0 Å². The summed E-state index contributed by atoms with van der Waals surface area (Å²) in [6, 6.07) is 4.74. The van der Waals surface area contributed by atoms with Crippen molar-refractivity contribution in [1.82, 2.24) is 9.29 Å². The summed E-state index contributed by atoms with van der Waals surface area (Å²) < 4.78 is 106. The number of sulfonamides is 1. The van der Waals surface area contributed by atoms with Crippen LogP contribution in [0.3, 0.4) is 0 Å². The van der Waals surface area contributed by atoms with Gasteiger partial charge in [-0.15, -0.1) is 13.2 Å². The zero-order valence-electron chi connectivity index (χ0n) is 15.4. The molecule has 0 saturated carbocycles. The lowest BCUT2D eigenvalue weighted by molar-refractivity contribution is -0.274. The molecule has 0 unspecified atom stereocenters. The Hall–Kier alpha value is -2.25. The molecular weight excluding hydrogens is 476 g/mol. The number of anilines is 1. The number of nitrogens with zero attached hydrogens (tertiary/aromatic N) is 3. The zero-order valence-corrected chi connectivity index (χ0v) is 17.0. The molecule has 1 saturated heterocycles. The van der Waals surface area contributed by atoms with Crippen molar-refractivity contribution in [2.75, 3.05) is 31.1 Å². The normalized spacial score (nSPS) is 16.4. The van der Waals surface area contributed by atoms with Gasteiger partial charge in [-0.05, 0) is 18.2 Å². The molecule has 1 aliphatic rings. The van der Waals surface area contributed by atoms with Crippen LogP contribution in [-0.2, 0) is 16.2 Å². The Morgan fingerprint density at radius 1 is 1.00 bits per heavy atom. The predicted octanol–water partition coefficient (Wildman–Crippen LogP) is 4.16. The minimum Gasteiger partial charge on any atom is -0.406 e. The van der Waals surface area contributed by atoms with Crippen molar-refractivity contribution < 1.29 is 39.5 Å². The first-order chi connectivity index (χ1) is 14.3. The molecule has 1 aliphatic heterocycles. The first-order valence-corrected chi connectivity index (χ1v) is 10.4. The Labute approximate surface area is 178 Å². The lowest BCUT2D eigenvalue weighted by Gasteiger charge is -2.35. The van der Waals surface area contributed by atoms with E-state index in [-0.39, 0.29) is 41.9 Å². The van der Waals surface area contributed by atoms with Crippen LogP contribution in [-0.4, -0.2) is 50.2 Å². The third-order valence-electron chi connectivity index (χ3n) is 4.36. The van der Waals surface area contributed by atoms with Crippen molar-refractivity contribution in [2.24, 2.45) is 0 Å². The molecule has 2 heterocycles. The topological polar surface area (TPSA) is 62.7 Å². The smallest absolute Gasteiger partial charge is 0.406 e. The number of aromatic nitrogens is 1. The molecule has 0 aliphatic carbocycles. The molecule has 2 aromatic rings. The Morgan fingerprint density at radius 3 is 2.19 bits per heavy atom. The molecule has 6 nitrogen and oxygen atoms in total. The quantitative estimate of drug-likeness (QED) is 0.603. The Balaban J connectivity index is 1.73. The highest BCUT2D eigenvalue weighted by Crippen LogP contribution is 2.34. The van der Waals surface area contributed by atoms with E-state index in [2.05, 4.69) is 9.72 Å². The molecular formula is C17H14ClF6N3O3S. The summed E-state index contributed by atoms with van der Waals surface area (Å²) in [4.78, 5) is 4.89. The van der Waals surface area contributed by atoms with E-state index in [9.17, 15) is 34.8 Å².